The summed E-state index contributed by atoms with van der Waals surface area (Å²) < 4.78 is 28.2. The van der Waals surface area contributed by atoms with E-state index in [2.05, 4.69) is 10.3 Å². The van der Waals surface area contributed by atoms with Crippen LogP contribution in [0.5, 0.6) is 0 Å². The van der Waals surface area contributed by atoms with Gasteiger partial charge in [0.25, 0.3) is 0 Å². The molecule has 1 unspecified atom stereocenters. The third-order valence-electron chi connectivity index (χ3n) is 6.10. The summed E-state index contributed by atoms with van der Waals surface area (Å²) in [6, 6.07) is 4.96. The summed E-state index contributed by atoms with van der Waals surface area (Å²) in [7, 11) is -0.544. The van der Waals surface area contributed by atoms with Gasteiger partial charge < -0.3 is 14.8 Å². The lowest BCUT2D eigenvalue weighted by Crippen LogP contribution is -2.50. The largest absolute Gasteiger partial charge is 0.351 e. The van der Waals surface area contributed by atoms with E-state index >= 15 is 0 Å². The predicted molar refractivity (Wildman–Crippen MR) is 127 cm³/mol. The summed E-state index contributed by atoms with van der Waals surface area (Å²) in [6.07, 6.45) is 2.53. The monoisotopic (exact) mass is 477 g/mol. The fourth-order valence-corrected chi connectivity index (χ4v) is 5.06. The first-order valence-corrected chi connectivity index (χ1v) is 13.0. The highest BCUT2D eigenvalue weighted by molar-refractivity contribution is 7.89. The van der Waals surface area contributed by atoms with Gasteiger partial charge in [0, 0.05) is 58.5 Å². The van der Waals surface area contributed by atoms with Crippen molar-refractivity contribution < 1.29 is 18.0 Å². The van der Waals surface area contributed by atoms with Crippen LogP contribution in [0.15, 0.2) is 23.1 Å². The molecule has 10 heteroatoms. The SMILES string of the molecule is CCn1c(CCC(=O)N2CCCC(NC(=O)C(C)C)C2)nc2cc(S(=O)(=O)N(C)C)ccc21. The second-order valence-corrected chi connectivity index (χ2v) is 11.2. The van der Waals surface area contributed by atoms with Crippen LogP contribution in [-0.2, 0) is 32.6 Å². The number of carbonyl (C=O) groups is 2. The Hall–Kier alpha value is -2.46. The second kappa shape index (κ2) is 10.2. The molecule has 33 heavy (non-hydrogen) atoms. The number of benzene rings is 1. The van der Waals surface area contributed by atoms with E-state index in [4.69, 9.17) is 0 Å². The van der Waals surface area contributed by atoms with Crippen LogP contribution in [0.25, 0.3) is 11.0 Å². The summed E-state index contributed by atoms with van der Waals surface area (Å²) in [5.74, 6) is 0.749. The summed E-state index contributed by atoms with van der Waals surface area (Å²) in [5, 5.41) is 3.04. The Morgan fingerprint density at radius 3 is 2.64 bits per heavy atom. The maximum atomic E-state index is 12.9. The van der Waals surface area contributed by atoms with Crippen molar-refractivity contribution in [3.63, 3.8) is 0 Å². The van der Waals surface area contributed by atoms with Crippen LogP contribution in [0.4, 0.5) is 0 Å². The third kappa shape index (κ3) is 5.55. The molecule has 0 aliphatic carbocycles. The highest BCUT2D eigenvalue weighted by atomic mass is 32.2. The molecule has 2 amide bonds. The van der Waals surface area contributed by atoms with E-state index in [1.165, 1.54) is 18.4 Å². The highest BCUT2D eigenvalue weighted by Gasteiger charge is 2.26. The van der Waals surface area contributed by atoms with Gasteiger partial charge in [-0.25, -0.2) is 17.7 Å². The molecule has 0 radical (unpaired) electrons. The molecule has 1 saturated heterocycles. The zero-order chi connectivity index (χ0) is 24.3. The van der Waals surface area contributed by atoms with Gasteiger partial charge in [-0.1, -0.05) is 13.8 Å². The molecular formula is C23H35N5O4S. The van der Waals surface area contributed by atoms with Crippen molar-refractivity contribution in [3.8, 4) is 0 Å². The van der Waals surface area contributed by atoms with Crippen molar-refractivity contribution in [2.75, 3.05) is 27.2 Å². The molecule has 1 aliphatic heterocycles. The Morgan fingerprint density at radius 2 is 2.00 bits per heavy atom. The molecule has 1 N–H and O–H groups in total. The number of nitrogens with one attached hydrogen (secondary N) is 1. The minimum atomic E-state index is -3.55. The van der Waals surface area contributed by atoms with Gasteiger partial charge in [0.1, 0.15) is 5.82 Å². The first-order chi connectivity index (χ1) is 15.5. The minimum absolute atomic E-state index is 0.00474. The topological polar surface area (TPSA) is 105 Å². The van der Waals surface area contributed by atoms with Crippen LogP contribution in [0, 0.1) is 5.92 Å². The van der Waals surface area contributed by atoms with Gasteiger partial charge in [-0.05, 0) is 38.0 Å². The van der Waals surface area contributed by atoms with Crippen molar-refractivity contribution in [2.45, 2.75) is 63.9 Å². The number of aryl methyl sites for hydroxylation is 2. The zero-order valence-corrected chi connectivity index (χ0v) is 21.0. The van der Waals surface area contributed by atoms with Crippen molar-refractivity contribution >= 4 is 32.9 Å². The lowest BCUT2D eigenvalue weighted by Gasteiger charge is -2.33. The van der Waals surface area contributed by atoms with Gasteiger partial charge >= 0.3 is 0 Å². The molecule has 1 atom stereocenters. The van der Waals surface area contributed by atoms with E-state index in [1.54, 1.807) is 18.2 Å². The number of sulfonamides is 1. The van der Waals surface area contributed by atoms with Gasteiger partial charge in [0.2, 0.25) is 21.8 Å². The second-order valence-electron chi connectivity index (χ2n) is 9.05. The average molecular weight is 478 g/mol. The number of hydrogen-bond acceptors (Lipinski definition) is 5. The fraction of sp³-hybridized carbons (Fsp3) is 0.609. The van der Waals surface area contributed by atoms with Crippen molar-refractivity contribution in [3.05, 3.63) is 24.0 Å². The first kappa shape index (κ1) is 25.2. The molecule has 1 aliphatic rings. The smallest absolute Gasteiger partial charge is 0.242 e. The summed E-state index contributed by atoms with van der Waals surface area (Å²) >= 11 is 0. The van der Waals surface area contributed by atoms with Crippen LogP contribution in [0.2, 0.25) is 0 Å². The Labute approximate surface area is 196 Å². The lowest BCUT2D eigenvalue weighted by atomic mass is 10.0. The fourth-order valence-electron chi connectivity index (χ4n) is 4.14. The normalized spacial score (nSPS) is 17.2. The number of fused-ring (bicyclic) bond motifs is 1. The summed E-state index contributed by atoms with van der Waals surface area (Å²) in [5.41, 5.74) is 1.46. The van der Waals surface area contributed by atoms with Gasteiger partial charge in [0.15, 0.2) is 0 Å². The van der Waals surface area contributed by atoms with Gasteiger partial charge in [0.05, 0.1) is 15.9 Å². The molecule has 0 saturated carbocycles. The van der Waals surface area contributed by atoms with Crippen molar-refractivity contribution in [1.29, 1.82) is 0 Å². The number of aromatic nitrogens is 2. The average Bonchev–Trinajstić information content (AvgIpc) is 3.14. The van der Waals surface area contributed by atoms with Crippen LogP contribution in [0.1, 0.15) is 45.9 Å². The van der Waals surface area contributed by atoms with Crippen molar-refractivity contribution in [1.82, 2.24) is 24.1 Å². The van der Waals surface area contributed by atoms with E-state index in [1.807, 2.05) is 30.2 Å². The molecule has 2 heterocycles. The van der Waals surface area contributed by atoms with Gasteiger partial charge in [-0.2, -0.15) is 0 Å². The maximum absolute atomic E-state index is 12.9. The van der Waals surface area contributed by atoms with Gasteiger partial charge in [-0.3, -0.25) is 9.59 Å². The molecule has 2 aromatic rings. The number of imidazole rings is 1. The van der Waals surface area contributed by atoms with Crippen molar-refractivity contribution in [2.24, 2.45) is 5.92 Å². The molecule has 0 spiro atoms. The molecule has 1 aromatic carbocycles. The van der Waals surface area contributed by atoms with E-state index in [9.17, 15) is 18.0 Å². The van der Waals surface area contributed by atoms with Gasteiger partial charge in [-0.15, -0.1) is 0 Å². The van der Waals surface area contributed by atoms with Crippen LogP contribution < -0.4 is 5.32 Å². The number of carbonyl (C=O) groups excluding carboxylic acids is 2. The number of piperidine rings is 1. The number of hydrogen-bond donors (Lipinski definition) is 1. The quantitative estimate of drug-likeness (QED) is 0.626. The lowest BCUT2D eigenvalue weighted by molar-refractivity contribution is -0.134. The number of amides is 2. The Kier molecular flexibility index (Phi) is 7.79. The number of likely N-dealkylation sites (tertiary alicyclic amines) is 1. The molecule has 3 rings (SSSR count). The summed E-state index contributed by atoms with van der Waals surface area (Å²) in [4.78, 5) is 31.6. The predicted octanol–water partition coefficient (Wildman–Crippen LogP) is 2.00. The Bertz CT molecular complexity index is 1120. The van der Waals surface area contributed by atoms with Crippen LogP contribution in [0.3, 0.4) is 0 Å². The molecular weight excluding hydrogens is 442 g/mol. The molecule has 1 aromatic heterocycles. The molecule has 1 fully saturated rings. The molecule has 0 bridgehead atoms. The highest BCUT2D eigenvalue weighted by Crippen LogP contribution is 2.23. The Balaban J connectivity index is 1.71. The van der Waals surface area contributed by atoms with Crippen LogP contribution >= 0.6 is 0 Å². The first-order valence-electron chi connectivity index (χ1n) is 11.5. The minimum Gasteiger partial charge on any atom is -0.351 e. The van der Waals surface area contributed by atoms with E-state index in [0.29, 0.717) is 38.0 Å². The standard InChI is InChI=1S/C23H35N5O4S/c1-6-28-20-10-9-18(33(31,32)26(4)5)14-19(20)25-21(28)11-12-22(29)27-13-7-8-17(15-27)24-23(30)16(2)3/h9-10,14,16-17H,6-8,11-13,15H2,1-5H3,(H,24,30). The molecule has 182 valence electrons. The number of rotatable bonds is 8. The third-order valence-corrected chi connectivity index (χ3v) is 7.91. The van der Waals surface area contributed by atoms with E-state index < -0.39 is 10.0 Å². The van der Waals surface area contributed by atoms with E-state index in [-0.39, 0.29) is 28.7 Å². The van der Waals surface area contributed by atoms with E-state index in [0.717, 1.165) is 24.2 Å². The molecule has 9 nitrogen and oxygen atoms in total. The Morgan fingerprint density at radius 1 is 1.27 bits per heavy atom. The van der Waals surface area contributed by atoms with Crippen LogP contribution in [-0.4, -0.2) is 72.2 Å². The maximum Gasteiger partial charge on any atom is 0.242 e. The summed E-state index contributed by atoms with van der Waals surface area (Å²) in [6.45, 7) is 7.63. The number of nitrogens with zero attached hydrogens (tertiary/aromatic N) is 4. The zero-order valence-electron chi connectivity index (χ0n) is 20.2.